The van der Waals surface area contributed by atoms with Crippen LogP contribution >= 0.6 is 0 Å². The van der Waals surface area contributed by atoms with E-state index in [1.54, 1.807) is 6.08 Å². The molecule has 0 amide bonds. The Morgan fingerprint density at radius 2 is 1.67 bits per heavy atom. The maximum absolute atomic E-state index is 11.4. The quantitative estimate of drug-likeness (QED) is 0.590. The highest BCUT2D eigenvalue weighted by atomic mass is 16.1. The van der Waals surface area contributed by atoms with Crippen molar-refractivity contribution in [3.05, 3.63) is 12.2 Å². The molecular weight excluding hydrogens is 148 g/mol. The van der Waals surface area contributed by atoms with Gasteiger partial charge in [0.15, 0.2) is 5.78 Å². The monoisotopic (exact) mass is 168 g/mol. The molecule has 0 aliphatic rings. The molecule has 0 spiro atoms. The lowest BCUT2D eigenvalue weighted by atomic mass is 9.83. The van der Waals surface area contributed by atoms with Crippen molar-refractivity contribution in [3.8, 4) is 0 Å². The van der Waals surface area contributed by atoms with Gasteiger partial charge in [0.2, 0.25) is 0 Å². The van der Waals surface area contributed by atoms with Crippen molar-refractivity contribution < 1.29 is 4.79 Å². The van der Waals surface area contributed by atoms with Crippen LogP contribution in [0.1, 0.15) is 34.6 Å². The maximum Gasteiger partial charge on any atom is 0.158 e. The first-order chi connectivity index (χ1) is 5.50. The molecule has 2 atom stereocenters. The SMILES string of the molecule is C/C=C/C(=O)[C@@H](C)[C@@H](C)C(C)C. The average molecular weight is 168 g/mol. The zero-order valence-electron chi connectivity index (χ0n) is 8.79. The van der Waals surface area contributed by atoms with E-state index in [2.05, 4.69) is 20.8 Å². The van der Waals surface area contributed by atoms with Crippen molar-refractivity contribution in [1.29, 1.82) is 0 Å². The number of ketones is 1. The fraction of sp³-hybridized carbons (Fsp3) is 0.727. The summed E-state index contributed by atoms with van der Waals surface area (Å²) in [6.45, 7) is 10.3. The highest BCUT2D eigenvalue weighted by Gasteiger charge is 2.20. The third kappa shape index (κ3) is 3.21. The van der Waals surface area contributed by atoms with E-state index in [-0.39, 0.29) is 11.7 Å². The Balaban J connectivity index is 4.18. The standard InChI is InChI=1S/C11H20O/c1-6-7-11(12)10(5)9(4)8(2)3/h6-10H,1-5H3/b7-6+/t9-,10-/m0/s1. The predicted octanol–water partition coefficient (Wildman–Crippen LogP) is 3.06. The molecule has 0 aliphatic heterocycles. The van der Waals surface area contributed by atoms with E-state index in [1.165, 1.54) is 0 Å². The number of hydrogen-bond acceptors (Lipinski definition) is 1. The van der Waals surface area contributed by atoms with Crippen LogP contribution in [0.15, 0.2) is 12.2 Å². The minimum Gasteiger partial charge on any atom is -0.295 e. The zero-order chi connectivity index (χ0) is 9.72. The summed E-state index contributed by atoms with van der Waals surface area (Å²) >= 11 is 0. The maximum atomic E-state index is 11.4. The minimum absolute atomic E-state index is 0.154. The van der Waals surface area contributed by atoms with Crippen LogP contribution in [0, 0.1) is 17.8 Å². The molecular formula is C11H20O. The zero-order valence-corrected chi connectivity index (χ0v) is 8.79. The molecule has 0 aromatic rings. The highest BCUT2D eigenvalue weighted by molar-refractivity contribution is 5.91. The van der Waals surface area contributed by atoms with Crippen LogP contribution in [0.3, 0.4) is 0 Å². The molecule has 1 nitrogen and oxygen atoms in total. The fourth-order valence-electron chi connectivity index (χ4n) is 1.15. The van der Waals surface area contributed by atoms with E-state index in [1.807, 2.05) is 19.9 Å². The largest absolute Gasteiger partial charge is 0.295 e. The lowest BCUT2D eigenvalue weighted by molar-refractivity contribution is -0.119. The lowest BCUT2D eigenvalue weighted by Gasteiger charge is -2.20. The molecule has 0 N–H and O–H groups in total. The van der Waals surface area contributed by atoms with Crippen LogP contribution in [0.2, 0.25) is 0 Å². The summed E-state index contributed by atoms with van der Waals surface area (Å²) in [6, 6.07) is 0. The molecule has 1 heteroatoms. The van der Waals surface area contributed by atoms with Gasteiger partial charge in [0.05, 0.1) is 0 Å². The highest BCUT2D eigenvalue weighted by Crippen LogP contribution is 2.20. The van der Waals surface area contributed by atoms with Gasteiger partial charge in [-0.05, 0) is 24.8 Å². The summed E-state index contributed by atoms with van der Waals surface area (Å²) < 4.78 is 0. The normalized spacial score (nSPS) is 16.8. The summed E-state index contributed by atoms with van der Waals surface area (Å²) in [5.74, 6) is 1.45. The van der Waals surface area contributed by atoms with Crippen LogP contribution in [0.25, 0.3) is 0 Å². The Morgan fingerprint density at radius 1 is 1.17 bits per heavy atom. The Bertz CT molecular complexity index is 168. The molecule has 12 heavy (non-hydrogen) atoms. The Kier molecular flexibility index (Phi) is 4.87. The predicted molar refractivity (Wildman–Crippen MR) is 53.0 cm³/mol. The second-order valence-corrected chi connectivity index (χ2v) is 3.79. The van der Waals surface area contributed by atoms with Gasteiger partial charge in [-0.3, -0.25) is 4.79 Å². The lowest BCUT2D eigenvalue weighted by Crippen LogP contribution is -2.21. The summed E-state index contributed by atoms with van der Waals surface area (Å²) in [7, 11) is 0. The molecule has 0 radical (unpaired) electrons. The molecule has 0 heterocycles. The average Bonchev–Trinajstić information content (AvgIpc) is 2.02. The topological polar surface area (TPSA) is 17.1 Å². The summed E-state index contributed by atoms with van der Waals surface area (Å²) in [5.41, 5.74) is 0. The molecule has 70 valence electrons. The first-order valence-corrected chi connectivity index (χ1v) is 4.67. The summed E-state index contributed by atoms with van der Waals surface area (Å²) in [6.07, 6.45) is 3.48. The third-order valence-electron chi connectivity index (χ3n) is 2.62. The van der Waals surface area contributed by atoms with Gasteiger partial charge >= 0.3 is 0 Å². The van der Waals surface area contributed by atoms with Crippen molar-refractivity contribution in [2.24, 2.45) is 17.8 Å². The van der Waals surface area contributed by atoms with Crippen molar-refractivity contribution in [2.45, 2.75) is 34.6 Å². The van der Waals surface area contributed by atoms with E-state index in [9.17, 15) is 4.79 Å². The van der Waals surface area contributed by atoms with Crippen LogP contribution in [-0.4, -0.2) is 5.78 Å². The smallest absolute Gasteiger partial charge is 0.158 e. The molecule has 0 saturated heterocycles. The molecule has 0 fully saturated rings. The van der Waals surface area contributed by atoms with Gasteiger partial charge in [0.25, 0.3) is 0 Å². The second-order valence-electron chi connectivity index (χ2n) is 3.79. The third-order valence-corrected chi connectivity index (χ3v) is 2.62. The molecule has 0 aromatic carbocycles. The summed E-state index contributed by atoms with van der Waals surface area (Å²) in [4.78, 5) is 11.4. The molecule has 0 rings (SSSR count). The fourth-order valence-corrected chi connectivity index (χ4v) is 1.15. The van der Waals surface area contributed by atoms with Crippen LogP contribution in [0.5, 0.6) is 0 Å². The van der Waals surface area contributed by atoms with Crippen molar-refractivity contribution >= 4 is 5.78 Å². The van der Waals surface area contributed by atoms with Crippen molar-refractivity contribution in [3.63, 3.8) is 0 Å². The first-order valence-electron chi connectivity index (χ1n) is 4.67. The van der Waals surface area contributed by atoms with E-state index in [0.29, 0.717) is 11.8 Å². The Labute approximate surface area is 75.9 Å². The van der Waals surface area contributed by atoms with Gasteiger partial charge in [-0.25, -0.2) is 0 Å². The first kappa shape index (κ1) is 11.4. The van der Waals surface area contributed by atoms with E-state index >= 15 is 0 Å². The van der Waals surface area contributed by atoms with Crippen molar-refractivity contribution in [1.82, 2.24) is 0 Å². The van der Waals surface area contributed by atoms with Gasteiger partial charge < -0.3 is 0 Å². The van der Waals surface area contributed by atoms with Gasteiger partial charge in [-0.15, -0.1) is 0 Å². The van der Waals surface area contributed by atoms with Gasteiger partial charge in [-0.1, -0.05) is 33.8 Å². The Morgan fingerprint density at radius 3 is 2.00 bits per heavy atom. The molecule has 0 aliphatic carbocycles. The number of rotatable bonds is 4. The van der Waals surface area contributed by atoms with Crippen LogP contribution < -0.4 is 0 Å². The summed E-state index contributed by atoms with van der Waals surface area (Å²) in [5, 5.41) is 0. The minimum atomic E-state index is 0.154. The Hall–Kier alpha value is -0.590. The molecule has 0 bridgehead atoms. The van der Waals surface area contributed by atoms with E-state index in [4.69, 9.17) is 0 Å². The molecule has 0 aromatic heterocycles. The molecule has 0 unspecified atom stereocenters. The second kappa shape index (κ2) is 5.13. The van der Waals surface area contributed by atoms with Gasteiger partial charge in [0.1, 0.15) is 0 Å². The van der Waals surface area contributed by atoms with Crippen LogP contribution in [-0.2, 0) is 4.79 Å². The molecule has 0 saturated carbocycles. The van der Waals surface area contributed by atoms with Crippen LogP contribution in [0.4, 0.5) is 0 Å². The number of allylic oxidation sites excluding steroid dienone is 2. The number of carbonyl (C=O) groups is 1. The van der Waals surface area contributed by atoms with E-state index < -0.39 is 0 Å². The van der Waals surface area contributed by atoms with E-state index in [0.717, 1.165) is 0 Å². The number of carbonyl (C=O) groups excluding carboxylic acids is 1. The van der Waals surface area contributed by atoms with Crippen molar-refractivity contribution in [2.75, 3.05) is 0 Å². The van der Waals surface area contributed by atoms with Gasteiger partial charge in [-0.2, -0.15) is 0 Å². The van der Waals surface area contributed by atoms with Gasteiger partial charge in [0, 0.05) is 5.92 Å². The number of hydrogen-bond donors (Lipinski definition) is 0.